The van der Waals surface area contributed by atoms with Crippen molar-refractivity contribution < 1.29 is 9.50 Å². The fraction of sp³-hybridized carbons (Fsp3) is 0.0769. The zero-order valence-electron chi connectivity index (χ0n) is 8.70. The van der Waals surface area contributed by atoms with Crippen LogP contribution in [-0.2, 0) is 0 Å². The molecular weight excluding hydrogens is 262 g/mol. The Morgan fingerprint density at radius 2 is 1.71 bits per heavy atom. The fourth-order valence-corrected chi connectivity index (χ4v) is 1.99. The van der Waals surface area contributed by atoms with Crippen LogP contribution in [0.3, 0.4) is 0 Å². The summed E-state index contributed by atoms with van der Waals surface area (Å²) >= 11 is 11.8. The molecule has 0 amide bonds. The summed E-state index contributed by atoms with van der Waals surface area (Å²) in [6.07, 6.45) is -1.12. The van der Waals surface area contributed by atoms with Crippen molar-refractivity contribution in [2.24, 2.45) is 0 Å². The lowest BCUT2D eigenvalue weighted by Gasteiger charge is -2.14. The molecule has 0 saturated heterocycles. The maximum absolute atomic E-state index is 13.5. The first-order valence-corrected chi connectivity index (χ1v) is 5.72. The minimum absolute atomic E-state index is 0.177. The second-order valence-electron chi connectivity index (χ2n) is 3.59. The number of aliphatic hydroxyl groups excluding tert-OH is 1. The minimum Gasteiger partial charge on any atom is -0.383 e. The third-order valence-corrected chi connectivity index (χ3v) is 3.03. The van der Waals surface area contributed by atoms with Crippen LogP contribution in [0.5, 0.6) is 0 Å². The third kappa shape index (κ3) is 2.60. The smallest absolute Gasteiger partial charge is 0.129 e. The Labute approximate surface area is 108 Å². The zero-order chi connectivity index (χ0) is 12.4. The van der Waals surface area contributed by atoms with Gasteiger partial charge in [-0.1, -0.05) is 41.4 Å². The number of benzene rings is 2. The van der Waals surface area contributed by atoms with E-state index in [2.05, 4.69) is 0 Å². The first-order chi connectivity index (χ1) is 8.09. The van der Waals surface area contributed by atoms with Gasteiger partial charge in [-0.25, -0.2) is 4.39 Å². The summed E-state index contributed by atoms with van der Waals surface area (Å²) in [4.78, 5) is 0. The summed E-state index contributed by atoms with van der Waals surface area (Å²) < 4.78 is 13.5. The molecule has 2 aromatic rings. The van der Waals surface area contributed by atoms with Crippen LogP contribution in [0.1, 0.15) is 17.2 Å². The lowest BCUT2D eigenvalue weighted by molar-refractivity contribution is 0.215. The van der Waals surface area contributed by atoms with Crippen LogP contribution in [0.15, 0.2) is 42.5 Å². The molecule has 2 rings (SSSR count). The highest BCUT2D eigenvalue weighted by molar-refractivity contribution is 6.33. The second-order valence-corrected chi connectivity index (χ2v) is 4.43. The van der Waals surface area contributed by atoms with E-state index in [-0.39, 0.29) is 5.56 Å². The molecule has 88 valence electrons. The average Bonchev–Trinajstić information content (AvgIpc) is 2.32. The van der Waals surface area contributed by atoms with Gasteiger partial charge in [-0.2, -0.15) is 0 Å². The quantitative estimate of drug-likeness (QED) is 0.867. The van der Waals surface area contributed by atoms with Crippen LogP contribution in [-0.4, -0.2) is 5.11 Å². The Morgan fingerprint density at radius 1 is 1.00 bits per heavy atom. The van der Waals surface area contributed by atoms with Gasteiger partial charge in [0.25, 0.3) is 0 Å². The highest BCUT2D eigenvalue weighted by Gasteiger charge is 2.17. The van der Waals surface area contributed by atoms with Gasteiger partial charge in [0.1, 0.15) is 11.9 Å². The average molecular weight is 271 g/mol. The number of hydrogen-bond acceptors (Lipinski definition) is 1. The molecule has 0 fully saturated rings. The van der Waals surface area contributed by atoms with Gasteiger partial charge in [-0.3, -0.25) is 0 Å². The first kappa shape index (κ1) is 12.4. The van der Waals surface area contributed by atoms with Crippen LogP contribution >= 0.6 is 23.2 Å². The molecule has 0 aliphatic heterocycles. The Kier molecular flexibility index (Phi) is 3.67. The SMILES string of the molecule is OC(c1ccccc1F)c1cc(Cl)ccc1Cl. The van der Waals surface area contributed by atoms with E-state index < -0.39 is 11.9 Å². The molecule has 1 unspecified atom stereocenters. The number of hydrogen-bond donors (Lipinski definition) is 1. The van der Waals surface area contributed by atoms with Gasteiger partial charge in [0.05, 0.1) is 0 Å². The van der Waals surface area contributed by atoms with E-state index in [1.807, 2.05) is 0 Å². The van der Waals surface area contributed by atoms with E-state index >= 15 is 0 Å². The van der Waals surface area contributed by atoms with Crippen molar-refractivity contribution in [3.05, 3.63) is 69.5 Å². The van der Waals surface area contributed by atoms with Crippen LogP contribution < -0.4 is 0 Å². The summed E-state index contributed by atoms with van der Waals surface area (Å²) in [7, 11) is 0. The predicted octanol–water partition coefficient (Wildman–Crippen LogP) is 4.21. The van der Waals surface area contributed by atoms with Crippen molar-refractivity contribution in [3.63, 3.8) is 0 Å². The highest BCUT2D eigenvalue weighted by Crippen LogP contribution is 2.31. The van der Waals surface area contributed by atoms with Crippen molar-refractivity contribution >= 4 is 23.2 Å². The van der Waals surface area contributed by atoms with Gasteiger partial charge in [0, 0.05) is 21.2 Å². The van der Waals surface area contributed by atoms with Crippen LogP contribution in [0.4, 0.5) is 4.39 Å². The minimum atomic E-state index is -1.12. The van der Waals surface area contributed by atoms with E-state index in [0.29, 0.717) is 15.6 Å². The van der Waals surface area contributed by atoms with Gasteiger partial charge in [-0.15, -0.1) is 0 Å². The standard InChI is InChI=1S/C13H9Cl2FO/c14-8-5-6-11(15)10(7-8)13(17)9-3-1-2-4-12(9)16/h1-7,13,17H. The Balaban J connectivity index is 2.47. The van der Waals surface area contributed by atoms with Crippen molar-refractivity contribution in [3.8, 4) is 0 Å². The third-order valence-electron chi connectivity index (χ3n) is 2.45. The Morgan fingerprint density at radius 3 is 2.41 bits per heavy atom. The van der Waals surface area contributed by atoms with Crippen molar-refractivity contribution in [2.75, 3.05) is 0 Å². The molecule has 0 saturated carbocycles. The molecule has 4 heteroatoms. The highest BCUT2D eigenvalue weighted by atomic mass is 35.5. The molecule has 0 bridgehead atoms. The normalized spacial score (nSPS) is 12.5. The van der Waals surface area contributed by atoms with E-state index in [4.69, 9.17) is 23.2 Å². The topological polar surface area (TPSA) is 20.2 Å². The maximum atomic E-state index is 13.5. The molecule has 0 spiro atoms. The summed E-state index contributed by atoms with van der Waals surface area (Å²) in [5.41, 5.74) is 0.570. The second kappa shape index (κ2) is 5.05. The van der Waals surface area contributed by atoms with Crippen LogP contribution in [0, 0.1) is 5.82 Å². The Bertz CT molecular complexity index is 543. The van der Waals surface area contributed by atoms with E-state index in [9.17, 15) is 9.50 Å². The number of aliphatic hydroxyl groups is 1. The van der Waals surface area contributed by atoms with Gasteiger partial charge >= 0.3 is 0 Å². The predicted molar refractivity (Wildman–Crippen MR) is 66.9 cm³/mol. The van der Waals surface area contributed by atoms with E-state index in [1.165, 1.54) is 18.2 Å². The largest absolute Gasteiger partial charge is 0.383 e. The first-order valence-electron chi connectivity index (χ1n) is 4.97. The molecule has 1 nitrogen and oxygen atoms in total. The summed E-state index contributed by atoms with van der Waals surface area (Å²) in [5.74, 6) is -0.476. The van der Waals surface area contributed by atoms with Gasteiger partial charge in [-0.05, 0) is 24.3 Å². The zero-order valence-corrected chi connectivity index (χ0v) is 10.2. The molecule has 0 aliphatic rings. The van der Waals surface area contributed by atoms with Crippen molar-refractivity contribution in [1.29, 1.82) is 0 Å². The molecule has 1 atom stereocenters. The molecule has 2 aromatic carbocycles. The molecule has 0 heterocycles. The van der Waals surface area contributed by atoms with Gasteiger partial charge in [0.2, 0.25) is 0 Å². The molecule has 0 radical (unpaired) electrons. The van der Waals surface area contributed by atoms with Crippen molar-refractivity contribution in [2.45, 2.75) is 6.10 Å². The lowest BCUT2D eigenvalue weighted by Crippen LogP contribution is -2.03. The van der Waals surface area contributed by atoms with E-state index in [1.54, 1.807) is 24.3 Å². The summed E-state index contributed by atoms with van der Waals surface area (Å²) in [6, 6.07) is 10.7. The molecular formula is C13H9Cl2FO. The van der Waals surface area contributed by atoms with Crippen molar-refractivity contribution in [1.82, 2.24) is 0 Å². The molecule has 17 heavy (non-hydrogen) atoms. The van der Waals surface area contributed by atoms with Crippen LogP contribution in [0.2, 0.25) is 10.0 Å². The van der Waals surface area contributed by atoms with Gasteiger partial charge in [0.15, 0.2) is 0 Å². The summed E-state index contributed by atoms with van der Waals surface area (Å²) in [5, 5.41) is 10.9. The molecule has 0 aliphatic carbocycles. The number of rotatable bonds is 2. The molecule has 1 N–H and O–H groups in total. The Hall–Kier alpha value is -1.09. The monoisotopic (exact) mass is 270 g/mol. The fourth-order valence-electron chi connectivity index (χ4n) is 1.59. The van der Waals surface area contributed by atoms with Gasteiger partial charge < -0.3 is 5.11 Å². The lowest BCUT2D eigenvalue weighted by atomic mass is 10.0. The molecule has 0 aromatic heterocycles. The van der Waals surface area contributed by atoms with Crippen LogP contribution in [0.25, 0.3) is 0 Å². The van der Waals surface area contributed by atoms with E-state index in [0.717, 1.165) is 0 Å². The summed E-state index contributed by atoms with van der Waals surface area (Å²) in [6.45, 7) is 0. The number of halogens is 3. The maximum Gasteiger partial charge on any atom is 0.129 e.